The zero-order valence-electron chi connectivity index (χ0n) is 40.6. The van der Waals surface area contributed by atoms with E-state index in [1.807, 2.05) is 19.2 Å². The number of aliphatic hydroxyl groups is 1. The topological polar surface area (TPSA) is 155 Å². The SMILES string of the molecule is CCC1=C[C@@H]2CN(CCc3c([nH]c4ccccc34)[C@@](C(=O)OC)(c3cc4c(cc3OC)N(C)[C@H]3[C@@](O)(CNC(=O)c5ccc(OC)c(OC)c5)[C@H](OC(C)=O)[C@]5(CC)C=CCN6CC[C@]43[C@@H]65)C2)C1. The van der Waals surface area contributed by atoms with Gasteiger partial charge in [0.1, 0.15) is 22.9 Å². The van der Waals surface area contributed by atoms with Crippen molar-refractivity contribution in [3.8, 4) is 17.2 Å². The highest BCUT2D eigenvalue weighted by atomic mass is 16.6. The Kier molecular flexibility index (Phi) is 11.5. The molecule has 4 aromatic rings. The number of hydrogen-bond donors (Lipinski definition) is 3. The van der Waals surface area contributed by atoms with Crippen molar-refractivity contribution in [1.29, 1.82) is 0 Å². The number of ether oxygens (including phenoxy) is 5. The van der Waals surface area contributed by atoms with Gasteiger partial charge in [-0.25, -0.2) is 0 Å². The third-order valence-electron chi connectivity index (χ3n) is 16.8. The fourth-order valence-corrected chi connectivity index (χ4v) is 14.3. The largest absolute Gasteiger partial charge is 0.496 e. The number of aromatic nitrogens is 1. The minimum Gasteiger partial charge on any atom is -0.496 e. The van der Waals surface area contributed by atoms with Crippen molar-refractivity contribution >= 4 is 34.4 Å². The standard InChI is InChI=1S/C54H65N5O9/c1-9-33-24-34-28-53(50(62)67-8,45-37(18-22-58(29-33)30-34)36-14-11-12-15-40(36)56-45)39-26-38-41(27-43(39)65-6)57(4)48-52(38)20-23-59-21-13-19-51(10-2,47(52)59)49(68-32(3)60)54(48,63)31-55-46(61)35-16-17-42(64-5)44(25-35)66-7/h11-17,19,24-27,34,47-49,56,63H,9-10,18,20-23,28-31H2,1-8H3,(H,55,61)/t34-,47-,48+,49+,51+,52+,53-,54-/m0/s1. The van der Waals surface area contributed by atoms with Crippen LogP contribution in [0.5, 0.6) is 17.2 Å². The molecule has 0 radical (unpaired) electrons. The van der Waals surface area contributed by atoms with Gasteiger partial charge in [-0.05, 0) is 86.0 Å². The van der Waals surface area contributed by atoms with Crippen LogP contribution in [-0.2, 0) is 36.3 Å². The van der Waals surface area contributed by atoms with E-state index >= 15 is 4.79 Å². The van der Waals surface area contributed by atoms with Crippen LogP contribution in [0.15, 0.2) is 78.4 Å². The van der Waals surface area contributed by atoms with E-state index in [0.29, 0.717) is 60.7 Å². The number of benzene rings is 3. The number of para-hydroxylation sites is 1. The quantitative estimate of drug-likeness (QED) is 0.118. The molecule has 5 aliphatic heterocycles. The molecule has 3 N–H and O–H groups in total. The Hall–Kier alpha value is -5.83. The number of nitrogens with one attached hydrogen (secondary N) is 2. The van der Waals surface area contributed by atoms with Gasteiger partial charge in [0.15, 0.2) is 11.5 Å². The van der Waals surface area contributed by atoms with Crippen LogP contribution in [0.1, 0.15) is 79.2 Å². The molecular weight excluding hydrogens is 863 g/mol. The summed E-state index contributed by atoms with van der Waals surface area (Å²) in [5.41, 5.74) is 2.12. The third kappa shape index (κ3) is 6.49. The maximum Gasteiger partial charge on any atom is 0.322 e. The summed E-state index contributed by atoms with van der Waals surface area (Å²) >= 11 is 0. The zero-order chi connectivity index (χ0) is 47.9. The minimum atomic E-state index is -1.86. The lowest BCUT2D eigenvalue weighted by atomic mass is 9.47. The summed E-state index contributed by atoms with van der Waals surface area (Å²) in [6.07, 6.45) is 8.86. The summed E-state index contributed by atoms with van der Waals surface area (Å²) < 4.78 is 30.0. The number of aromatic amines is 1. The van der Waals surface area contributed by atoms with Gasteiger partial charge in [-0.15, -0.1) is 0 Å². The summed E-state index contributed by atoms with van der Waals surface area (Å²) in [6, 6.07) is 16.5. The van der Waals surface area contributed by atoms with Gasteiger partial charge in [-0.1, -0.05) is 55.8 Å². The lowest BCUT2D eigenvalue weighted by Crippen LogP contribution is -2.81. The molecule has 68 heavy (non-hydrogen) atoms. The van der Waals surface area contributed by atoms with Crippen LogP contribution < -0.4 is 24.4 Å². The molecule has 1 amide bonds. The van der Waals surface area contributed by atoms with E-state index in [2.05, 4.69) is 81.3 Å². The highest BCUT2D eigenvalue weighted by Gasteiger charge is 2.78. The zero-order valence-corrected chi connectivity index (χ0v) is 40.6. The Labute approximate surface area is 398 Å². The number of likely N-dealkylation sites (N-methyl/N-ethyl adjacent to an activating group) is 1. The summed E-state index contributed by atoms with van der Waals surface area (Å²) in [4.78, 5) is 54.1. The van der Waals surface area contributed by atoms with Gasteiger partial charge in [0, 0.05) is 96.5 Å². The summed E-state index contributed by atoms with van der Waals surface area (Å²) in [5.74, 6) is 0.0634. The average Bonchev–Trinajstić information content (AvgIpc) is 4.02. The number of fused-ring (bicyclic) bond motifs is 6. The molecule has 1 aromatic heterocycles. The van der Waals surface area contributed by atoms with E-state index in [4.69, 9.17) is 23.7 Å². The second kappa shape index (κ2) is 17.0. The third-order valence-corrected chi connectivity index (χ3v) is 16.8. The molecule has 1 saturated carbocycles. The fraction of sp³-hybridized carbons (Fsp3) is 0.500. The number of amides is 1. The smallest absolute Gasteiger partial charge is 0.322 e. The first kappa shape index (κ1) is 45.9. The molecule has 1 unspecified atom stereocenters. The van der Waals surface area contributed by atoms with Crippen LogP contribution in [0.4, 0.5) is 5.69 Å². The molecule has 6 aliphatic rings. The number of hydrogen-bond acceptors (Lipinski definition) is 12. The lowest BCUT2D eigenvalue weighted by Gasteiger charge is -2.64. The second-order valence-corrected chi connectivity index (χ2v) is 19.9. The Balaban J connectivity index is 1.21. The van der Waals surface area contributed by atoms with Gasteiger partial charge in [0.05, 0.1) is 41.0 Å². The van der Waals surface area contributed by atoms with Crippen molar-refractivity contribution in [2.24, 2.45) is 11.3 Å². The Morgan fingerprint density at radius 2 is 1.71 bits per heavy atom. The molecule has 1 spiro atoms. The van der Waals surface area contributed by atoms with Crippen molar-refractivity contribution < 1.29 is 43.2 Å². The predicted molar refractivity (Wildman–Crippen MR) is 259 cm³/mol. The van der Waals surface area contributed by atoms with Crippen molar-refractivity contribution in [2.45, 2.75) is 87.5 Å². The van der Waals surface area contributed by atoms with E-state index in [-0.39, 0.29) is 24.5 Å². The van der Waals surface area contributed by atoms with E-state index in [0.717, 1.165) is 65.9 Å². The van der Waals surface area contributed by atoms with E-state index in [1.165, 1.54) is 33.8 Å². The molecule has 9 atom stereocenters. The molecule has 1 aliphatic carbocycles. The number of carbonyl (C=O) groups is 3. The number of carbonyl (C=O) groups excluding carboxylic acids is 3. The van der Waals surface area contributed by atoms with Crippen molar-refractivity contribution in [2.75, 3.05) is 79.7 Å². The number of esters is 2. The Morgan fingerprint density at radius 1 is 0.926 bits per heavy atom. The maximum absolute atomic E-state index is 15.5. The fourth-order valence-electron chi connectivity index (χ4n) is 14.3. The van der Waals surface area contributed by atoms with Crippen LogP contribution >= 0.6 is 0 Å². The van der Waals surface area contributed by atoms with Crippen molar-refractivity contribution in [1.82, 2.24) is 20.1 Å². The molecule has 2 bridgehead atoms. The first-order valence-corrected chi connectivity index (χ1v) is 24.2. The van der Waals surface area contributed by atoms with Gasteiger partial charge >= 0.3 is 11.9 Å². The monoisotopic (exact) mass is 927 g/mol. The Morgan fingerprint density at radius 3 is 2.43 bits per heavy atom. The van der Waals surface area contributed by atoms with Crippen LogP contribution in [0.25, 0.3) is 10.9 Å². The first-order chi connectivity index (χ1) is 32.8. The van der Waals surface area contributed by atoms with Gasteiger partial charge in [-0.3, -0.25) is 24.2 Å². The highest BCUT2D eigenvalue weighted by Crippen LogP contribution is 2.68. The van der Waals surface area contributed by atoms with Gasteiger partial charge in [0.25, 0.3) is 5.91 Å². The van der Waals surface area contributed by atoms with Crippen LogP contribution in [0, 0.1) is 11.3 Å². The van der Waals surface area contributed by atoms with Gasteiger partial charge < -0.3 is 44.0 Å². The van der Waals surface area contributed by atoms with Gasteiger partial charge in [-0.2, -0.15) is 0 Å². The van der Waals surface area contributed by atoms with E-state index in [9.17, 15) is 14.7 Å². The molecule has 14 heteroatoms. The van der Waals surface area contributed by atoms with E-state index in [1.54, 1.807) is 25.3 Å². The van der Waals surface area contributed by atoms with Gasteiger partial charge in [0.2, 0.25) is 0 Å². The first-order valence-electron chi connectivity index (χ1n) is 24.2. The second-order valence-electron chi connectivity index (χ2n) is 19.9. The van der Waals surface area contributed by atoms with Crippen LogP contribution in [-0.4, -0.2) is 136 Å². The Bertz CT molecular complexity index is 2750. The number of nitrogens with zero attached hydrogens (tertiary/aromatic N) is 3. The number of methoxy groups -OCH3 is 4. The molecule has 3 aromatic carbocycles. The molecule has 2 fully saturated rings. The lowest BCUT2D eigenvalue weighted by molar-refractivity contribution is -0.216. The number of anilines is 1. The maximum atomic E-state index is 15.5. The molecule has 1 saturated heterocycles. The molecular formula is C54H65N5O9. The summed E-state index contributed by atoms with van der Waals surface area (Å²) in [6.45, 7) is 9.34. The molecule has 6 heterocycles. The van der Waals surface area contributed by atoms with Crippen molar-refractivity contribution in [3.05, 3.63) is 106 Å². The predicted octanol–water partition coefficient (Wildman–Crippen LogP) is 6.07. The number of rotatable bonds is 11. The minimum absolute atomic E-state index is 0.0124. The molecule has 10 rings (SSSR count). The van der Waals surface area contributed by atoms with E-state index < -0.39 is 45.9 Å². The summed E-state index contributed by atoms with van der Waals surface area (Å²) in [5, 5.41) is 18.2. The van der Waals surface area contributed by atoms with Crippen LogP contribution in [0.2, 0.25) is 0 Å². The van der Waals surface area contributed by atoms with Crippen molar-refractivity contribution in [3.63, 3.8) is 0 Å². The molecule has 14 nitrogen and oxygen atoms in total. The number of H-pyrrole nitrogens is 1. The highest BCUT2D eigenvalue weighted by molar-refractivity contribution is 5.96. The summed E-state index contributed by atoms with van der Waals surface area (Å²) in [7, 11) is 8.15. The average molecular weight is 928 g/mol. The normalized spacial score (nSPS) is 31.2. The van der Waals surface area contributed by atoms with Crippen LogP contribution in [0.3, 0.4) is 0 Å². The molecule has 360 valence electrons.